The summed E-state index contributed by atoms with van der Waals surface area (Å²) >= 11 is 5.70. The highest BCUT2D eigenvalue weighted by Gasteiger charge is 2.26. The van der Waals surface area contributed by atoms with Crippen LogP contribution in [0.25, 0.3) is 0 Å². The first kappa shape index (κ1) is 12.0. The standard InChI is InChI=1S/C11H10ClFO4/c1-5(11(14)15)2-6-9(13)7(12)3-8-10(6)17-4-16-8/h3,5H,2,4H2,1H3,(H,14,15). The van der Waals surface area contributed by atoms with Crippen LogP contribution in [0.3, 0.4) is 0 Å². The van der Waals surface area contributed by atoms with Crippen LogP contribution in [0.1, 0.15) is 12.5 Å². The third kappa shape index (κ3) is 2.15. The van der Waals surface area contributed by atoms with E-state index in [4.69, 9.17) is 26.2 Å². The van der Waals surface area contributed by atoms with Crippen LogP contribution < -0.4 is 9.47 Å². The van der Waals surface area contributed by atoms with Crippen molar-refractivity contribution in [2.24, 2.45) is 5.92 Å². The molecule has 4 nitrogen and oxygen atoms in total. The Kier molecular flexibility index (Phi) is 3.11. The number of carboxylic acid groups (broad SMARTS) is 1. The second kappa shape index (κ2) is 4.41. The predicted molar refractivity (Wildman–Crippen MR) is 58.0 cm³/mol. The minimum Gasteiger partial charge on any atom is -0.481 e. The summed E-state index contributed by atoms with van der Waals surface area (Å²) in [4.78, 5) is 10.8. The van der Waals surface area contributed by atoms with Gasteiger partial charge in [0.25, 0.3) is 0 Å². The van der Waals surface area contributed by atoms with E-state index in [1.54, 1.807) is 0 Å². The fourth-order valence-corrected chi connectivity index (χ4v) is 1.84. The van der Waals surface area contributed by atoms with Gasteiger partial charge in [-0.25, -0.2) is 4.39 Å². The molecule has 1 aliphatic heterocycles. The number of ether oxygens (including phenoxy) is 2. The van der Waals surface area contributed by atoms with Crippen molar-refractivity contribution in [1.29, 1.82) is 0 Å². The van der Waals surface area contributed by atoms with E-state index in [9.17, 15) is 9.18 Å². The Morgan fingerprint density at radius 2 is 2.35 bits per heavy atom. The van der Waals surface area contributed by atoms with E-state index in [0.717, 1.165) is 0 Å². The summed E-state index contributed by atoms with van der Waals surface area (Å²) in [6.45, 7) is 1.48. The normalized spacial score (nSPS) is 14.8. The van der Waals surface area contributed by atoms with Gasteiger partial charge in [0.1, 0.15) is 5.82 Å². The molecule has 0 saturated carbocycles. The van der Waals surface area contributed by atoms with Gasteiger partial charge >= 0.3 is 5.97 Å². The van der Waals surface area contributed by atoms with Gasteiger partial charge in [0, 0.05) is 11.6 Å². The molecule has 0 radical (unpaired) electrons. The van der Waals surface area contributed by atoms with E-state index in [1.165, 1.54) is 13.0 Å². The number of hydrogen-bond donors (Lipinski definition) is 1. The summed E-state index contributed by atoms with van der Waals surface area (Å²) in [5.74, 6) is -1.78. The van der Waals surface area contributed by atoms with Crippen LogP contribution >= 0.6 is 11.6 Å². The van der Waals surface area contributed by atoms with Crippen molar-refractivity contribution in [3.8, 4) is 11.5 Å². The van der Waals surface area contributed by atoms with Crippen LogP contribution in [0.15, 0.2) is 6.07 Å². The molecule has 0 fully saturated rings. The van der Waals surface area contributed by atoms with Gasteiger partial charge in [-0.15, -0.1) is 0 Å². The van der Waals surface area contributed by atoms with E-state index in [-0.39, 0.29) is 29.5 Å². The molecule has 1 aliphatic rings. The van der Waals surface area contributed by atoms with E-state index < -0.39 is 17.7 Å². The van der Waals surface area contributed by atoms with Gasteiger partial charge in [0.05, 0.1) is 10.9 Å². The maximum Gasteiger partial charge on any atom is 0.306 e. The number of hydrogen-bond acceptors (Lipinski definition) is 3. The Balaban J connectivity index is 2.42. The summed E-state index contributed by atoms with van der Waals surface area (Å²) in [7, 11) is 0. The predicted octanol–water partition coefficient (Wildman–Crippen LogP) is 2.47. The third-order valence-corrected chi connectivity index (χ3v) is 2.85. The van der Waals surface area contributed by atoms with Crippen LogP contribution in [-0.4, -0.2) is 17.9 Å². The molecule has 0 saturated heterocycles. The maximum absolute atomic E-state index is 13.8. The van der Waals surface area contributed by atoms with Crippen LogP contribution in [-0.2, 0) is 11.2 Å². The first-order valence-corrected chi connectivity index (χ1v) is 5.37. The molecule has 6 heteroatoms. The van der Waals surface area contributed by atoms with Crippen molar-refractivity contribution in [2.45, 2.75) is 13.3 Å². The molecule has 1 heterocycles. The maximum atomic E-state index is 13.8. The van der Waals surface area contributed by atoms with Gasteiger partial charge in [-0.1, -0.05) is 18.5 Å². The summed E-state index contributed by atoms with van der Waals surface area (Å²) in [6, 6.07) is 1.33. The highest BCUT2D eigenvalue weighted by Crippen LogP contribution is 2.41. The highest BCUT2D eigenvalue weighted by atomic mass is 35.5. The SMILES string of the molecule is CC(Cc1c(F)c(Cl)cc2c1OCO2)C(=O)O. The molecule has 1 unspecified atom stereocenters. The molecule has 1 N–H and O–H groups in total. The van der Waals surface area contributed by atoms with Crippen molar-refractivity contribution in [1.82, 2.24) is 0 Å². The fourth-order valence-electron chi connectivity index (χ4n) is 1.63. The molecule has 1 atom stereocenters. The van der Waals surface area contributed by atoms with Crippen molar-refractivity contribution in [2.75, 3.05) is 6.79 Å². The topological polar surface area (TPSA) is 55.8 Å². The van der Waals surface area contributed by atoms with Crippen LogP contribution in [0, 0.1) is 11.7 Å². The number of rotatable bonds is 3. The summed E-state index contributed by atoms with van der Waals surface area (Å²) in [6.07, 6.45) is 0.00736. The molecule has 0 spiro atoms. The number of halogens is 2. The van der Waals surface area contributed by atoms with Crippen LogP contribution in [0.5, 0.6) is 11.5 Å². The molecular weight excluding hydrogens is 251 g/mol. The average molecular weight is 261 g/mol. The molecule has 92 valence electrons. The second-order valence-electron chi connectivity index (χ2n) is 3.83. The largest absolute Gasteiger partial charge is 0.481 e. The number of fused-ring (bicyclic) bond motifs is 1. The van der Waals surface area contributed by atoms with Gasteiger partial charge in [-0.2, -0.15) is 0 Å². The van der Waals surface area contributed by atoms with Crippen molar-refractivity contribution >= 4 is 17.6 Å². The zero-order chi connectivity index (χ0) is 12.6. The lowest BCUT2D eigenvalue weighted by Crippen LogP contribution is -2.13. The van der Waals surface area contributed by atoms with E-state index in [0.29, 0.717) is 5.75 Å². The Morgan fingerprint density at radius 1 is 1.65 bits per heavy atom. The molecular formula is C11H10ClFO4. The van der Waals surface area contributed by atoms with Gasteiger partial charge in [0.15, 0.2) is 11.5 Å². The monoisotopic (exact) mass is 260 g/mol. The van der Waals surface area contributed by atoms with Crippen LogP contribution in [0.2, 0.25) is 5.02 Å². The van der Waals surface area contributed by atoms with Gasteiger partial charge < -0.3 is 14.6 Å². The highest BCUT2D eigenvalue weighted by molar-refractivity contribution is 6.31. The van der Waals surface area contributed by atoms with Crippen molar-refractivity contribution in [3.05, 3.63) is 22.5 Å². The first-order valence-electron chi connectivity index (χ1n) is 5.00. The Hall–Kier alpha value is -1.49. The molecule has 0 amide bonds. The first-order chi connectivity index (χ1) is 8.00. The van der Waals surface area contributed by atoms with Gasteiger partial charge in [-0.05, 0) is 6.42 Å². The van der Waals surface area contributed by atoms with E-state index in [2.05, 4.69) is 0 Å². The number of carbonyl (C=O) groups is 1. The average Bonchev–Trinajstić information content (AvgIpc) is 2.71. The quantitative estimate of drug-likeness (QED) is 0.907. The fraction of sp³-hybridized carbons (Fsp3) is 0.364. The number of carboxylic acids is 1. The van der Waals surface area contributed by atoms with Gasteiger partial charge in [-0.3, -0.25) is 4.79 Å². The minimum atomic E-state index is -1.00. The lowest BCUT2D eigenvalue weighted by Gasteiger charge is -2.11. The van der Waals surface area contributed by atoms with Crippen molar-refractivity contribution < 1.29 is 23.8 Å². The second-order valence-corrected chi connectivity index (χ2v) is 4.24. The Morgan fingerprint density at radius 3 is 3.00 bits per heavy atom. The van der Waals surface area contributed by atoms with Crippen molar-refractivity contribution in [3.63, 3.8) is 0 Å². The number of benzene rings is 1. The smallest absolute Gasteiger partial charge is 0.306 e. The summed E-state index contributed by atoms with van der Waals surface area (Å²) < 4.78 is 24.0. The van der Waals surface area contributed by atoms with Gasteiger partial charge in [0.2, 0.25) is 6.79 Å². The zero-order valence-electron chi connectivity index (χ0n) is 9.00. The molecule has 1 aromatic carbocycles. The number of aliphatic carboxylic acids is 1. The molecule has 17 heavy (non-hydrogen) atoms. The van der Waals surface area contributed by atoms with E-state index in [1.807, 2.05) is 0 Å². The third-order valence-electron chi connectivity index (χ3n) is 2.58. The lowest BCUT2D eigenvalue weighted by atomic mass is 9.99. The molecule has 0 aromatic heterocycles. The Labute approximate surface area is 102 Å². The molecule has 2 rings (SSSR count). The molecule has 1 aromatic rings. The summed E-state index contributed by atoms with van der Waals surface area (Å²) in [5, 5.41) is 8.73. The van der Waals surface area contributed by atoms with E-state index >= 15 is 0 Å². The lowest BCUT2D eigenvalue weighted by molar-refractivity contribution is -0.141. The van der Waals surface area contributed by atoms with Crippen LogP contribution in [0.4, 0.5) is 4.39 Å². The Bertz CT molecular complexity index is 475. The molecule has 0 bridgehead atoms. The molecule has 0 aliphatic carbocycles. The minimum absolute atomic E-state index is 0.00736. The zero-order valence-corrected chi connectivity index (χ0v) is 9.75. The summed E-state index contributed by atoms with van der Waals surface area (Å²) in [5.41, 5.74) is 0.153.